The molecule has 3 aromatic rings. The first-order valence-corrected chi connectivity index (χ1v) is 14.0. The Balaban J connectivity index is 2.39. The molecule has 1 unspecified atom stereocenters. The molecule has 3 heteroatoms. The molecule has 0 amide bonds. The van der Waals surface area contributed by atoms with Crippen molar-refractivity contribution in [3.63, 3.8) is 0 Å². The van der Waals surface area contributed by atoms with E-state index in [1.807, 2.05) is 61.5 Å². The number of carboxylic acid groups (broad SMARTS) is 1. The van der Waals surface area contributed by atoms with E-state index in [-0.39, 0.29) is 0 Å². The van der Waals surface area contributed by atoms with Crippen LogP contribution in [-0.2, 0) is 4.79 Å². The van der Waals surface area contributed by atoms with Gasteiger partial charge in [-0.3, -0.25) is 0 Å². The molecule has 0 spiro atoms. The molecular weight excluding hydrogens is 403 g/mol. The molecule has 0 radical (unpaired) electrons. The predicted octanol–water partition coefficient (Wildman–Crippen LogP) is 2.63. The van der Waals surface area contributed by atoms with Crippen LogP contribution in [0.25, 0.3) is 0 Å². The summed E-state index contributed by atoms with van der Waals surface area (Å²) in [4.78, 5) is 12.1. The molecule has 120 valence electrons. The van der Waals surface area contributed by atoms with Crippen LogP contribution >= 0.6 is 0 Å². The summed E-state index contributed by atoms with van der Waals surface area (Å²) in [6.45, 7) is 1.88. The quantitative estimate of drug-likeness (QED) is 0.642. The Morgan fingerprint density at radius 2 is 1.00 bits per heavy atom. The number of hydrogen-bond donors (Lipinski definition) is 1. The topological polar surface area (TPSA) is 37.3 Å². The summed E-state index contributed by atoms with van der Waals surface area (Å²) in [5.74, 6) is -0.720. The molecule has 0 aliphatic carbocycles. The molecule has 1 atom stereocenters. The van der Waals surface area contributed by atoms with Crippen LogP contribution in [0.5, 0.6) is 0 Å². The molecule has 0 saturated carbocycles. The van der Waals surface area contributed by atoms with Crippen molar-refractivity contribution < 1.29 is 9.90 Å². The monoisotopic (exact) mass is 424 g/mol. The van der Waals surface area contributed by atoms with E-state index >= 15 is 0 Å². The number of hydrogen-bond acceptors (Lipinski definition) is 1. The van der Waals surface area contributed by atoms with Gasteiger partial charge in [-0.15, -0.1) is 0 Å². The molecule has 0 fully saturated rings. The van der Waals surface area contributed by atoms with Gasteiger partial charge in [-0.2, -0.15) is 0 Å². The minimum atomic E-state index is -3.69. The standard InChI is InChI=1S/3C6H5.C3H5O2.Sn/c3*1-2-4-6-5-3-1;1-2-3(4)5;/h3*1-5H;2H,1H3,(H,4,5);. The second-order valence-electron chi connectivity index (χ2n) is 5.97. The van der Waals surface area contributed by atoms with Crippen molar-refractivity contribution in [2.24, 2.45) is 0 Å². The Labute approximate surface area is 146 Å². The van der Waals surface area contributed by atoms with Gasteiger partial charge in [0.15, 0.2) is 0 Å². The van der Waals surface area contributed by atoms with Crippen molar-refractivity contribution in [3.8, 4) is 0 Å². The summed E-state index contributed by atoms with van der Waals surface area (Å²) in [6, 6.07) is 30.7. The summed E-state index contributed by atoms with van der Waals surface area (Å²) in [6.07, 6.45) is 0. The first kappa shape index (κ1) is 16.8. The fourth-order valence-corrected chi connectivity index (χ4v) is 17.9. The average Bonchev–Trinajstić information content (AvgIpc) is 2.65. The van der Waals surface area contributed by atoms with Crippen molar-refractivity contribution in [3.05, 3.63) is 91.0 Å². The Bertz CT molecular complexity index is 704. The molecule has 0 heterocycles. The predicted molar refractivity (Wildman–Crippen MR) is 101 cm³/mol. The van der Waals surface area contributed by atoms with E-state index in [0.717, 1.165) is 0 Å². The van der Waals surface area contributed by atoms with Crippen LogP contribution in [0.2, 0.25) is 3.93 Å². The molecule has 24 heavy (non-hydrogen) atoms. The second kappa shape index (κ2) is 7.22. The first-order valence-electron chi connectivity index (χ1n) is 8.06. The van der Waals surface area contributed by atoms with Crippen molar-refractivity contribution in [2.45, 2.75) is 10.9 Å². The maximum absolute atomic E-state index is 12.1. The van der Waals surface area contributed by atoms with E-state index < -0.39 is 28.3 Å². The molecule has 0 aromatic heterocycles. The van der Waals surface area contributed by atoms with Gasteiger partial charge in [0.2, 0.25) is 0 Å². The van der Waals surface area contributed by atoms with Crippen molar-refractivity contribution in [2.75, 3.05) is 0 Å². The van der Waals surface area contributed by atoms with Gasteiger partial charge >= 0.3 is 147 Å². The van der Waals surface area contributed by atoms with E-state index in [1.165, 1.54) is 10.7 Å². The molecule has 0 bridgehead atoms. The van der Waals surface area contributed by atoms with E-state index in [2.05, 4.69) is 36.4 Å². The zero-order valence-electron chi connectivity index (χ0n) is 13.6. The van der Waals surface area contributed by atoms with Gasteiger partial charge in [0.1, 0.15) is 0 Å². The van der Waals surface area contributed by atoms with Crippen LogP contribution < -0.4 is 10.7 Å². The van der Waals surface area contributed by atoms with Gasteiger partial charge in [0.05, 0.1) is 0 Å². The molecule has 3 rings (SSSR count). The molecule has 0 saturated heterocycles. The minimum absolute atomic E-state index is 0.411. The summed E-state index contributed by atoms with van der Waals surface area (Å²) in [7, 11) is 0. The Kier molecular flexibility index (Phi) is 5.05. The second-order valence-corrected chi connectivity index (χ2v) is 18.0. The van der Waals surface area contributed by atoms with Gasteiger partial charge in [-0.25, -0.2) is 0 Å². The van der Waals surface area contributed by atoms with Gasteiger partial charge < -0.3 is 0 Å². The van der Waals surface area contributed by atoms with Gasteiger partial charge in [0.25, 0.3) is 0 Å². The molecule has 2 nitrogen and oxygen atoms in total. The van der Waals surface area contributed by atoms with Crippen LogP contribution in [0.15, 0.2) is 91.0 Å². The molecule has 0 aliphatic rings. The van der Waals surface area contributed by atoms with Gasteiger partial charge in [0, 0.05) is 0 Å². The Morgan fingerprint density at radius 1 is 0.708 bits per heavy atom. The zero-order valence-corrected chi connectivity index (χ0v) is 16.4. The third kappa shape index (κ3) is 2.86. The summed E-state index contributed by atoms with van der Waals surface area (Å²) in [5, 5.41) is 9.95. The fraction of sp³-hybridized carbons (Fsp3) is 0.0952. The molecule has 3 aromatic carbocycles. The Hall–Kier alpha value is -2.07. The third-order valence-corrected chi connectivity index (χ3v) is 19.8. The van der Waals surface area contributed by atoms with E-state index in [1.54, 1.807) is 0 Å². The van der Waals surface area contributed by atoms with Gasteiger partial charge in [-0.05, 0) is 0 Å². The fourth-order valence-electron chi connectivity index (χ4n) is 3.54. The molecular formula is C21H20O2Sn. The van der Waals surface area contributed by atoms with Crippen LogP contribution in [0.1, 0.15) is 6.92 Å². The molecule has 1 N–H and O–H groups in total. The number of rotatable bonds is 5. The molecule has 0 aliphatic heterocycles. The van der Waals surface area contributed by atoms with Crippen molar-refractivity contribution in [1.82, 2.24) is 0 Å². The van der Waals surface area contributed by atoms with Crippen molar-refractivity contribution in [1.29, 1.82) is 0 Å². The summed E-state index contributed by atoms with van der Waals surface area (Å²) in [5.41, 5.74) is 0. The SMILES string of the molecule is C[CH](C(=O)O)[Sn]([c]1ccccc1)([c]1ccccc1)[c]1ccccc1. The van der Waals surface area contributed by atoms with Gasteiger partial charge in [-0.1, -0.05) is 0 Å². The van der Waals surface area contributed by atoms with E-state index in [4.69, 9.17) is 0 Å². The summed E-state index contributed by atoms with van der Waals surface area (Å²) >= 11 is -3.69. The number of carbonyl (C=O) groups is 1. The van der Waals surface area contributed by atoms with E-state index in [9.17, 15) is 9.90 Å². The number of benzene rings is 3. The van der Waals surface area contributed by atoms with Crippen molar-refractivity contribution >= 4 is 35.1 Å². The third-order valence-electron chi connectivity index (χ3n) is 4.71. The number of carboxylic acids is 1. The van der Waals surface area contributed by atoms with Crippen LogP contribution in [0, 0.1) is 0 Å². The van der Waals surface area contributed by atoms with Crippen LogP contribution in [-0.4, -0.2) is 29.5 Å². The number of aliphatic carboxylic acids is 1. The van der Waals surface area contributed by atoms with E-state index in [0.29, 0.717) is 0 Å². The van der Waals surface area contributed by atoms with Crippen LogP contribution in [0.4, 0.5) is 0 Å². The normalized spacial score (nSPS) is 12.5. The maximum atomic E-state index is 12.1. The van der Waals surface area contributed by atoms with Crippen LogP contribution in [0.3, 0.4) is 0 Å². The Morgan fingerprint density at radius 3 is 1.25 bits per heavy atom. The first-order chi connectivity index (χ1) is 11.7. The summed E-state index contributed by atoms with van der Waals surface area (Å²) < 4.78 is 3.17. The average molecular weight is 423 g/mol. The zero-order chi connectivity index (χ0) is 17.0.